The maximum absolute atomic E-state index is 13.2. The van der Waals surface area contributed by atoms with Gasteiger partial charge in [-0.1, -0.05) is 18.9 Å². The number of anilines is 2. The summed E-state index contributed by atoms with van der Waals surface area (Å²) in [5.74, 6) is -0.241. The smallest absolute Gasteiger partial charge is 0.326 e. The van der Waals surface area contributed by atoms with Crippen LogP contribution < -0.4 is 5.32 Å². The number of hydrogen-bond donors (Lipinski definition) is 2. The number of nitrogens with one attached hydrogen (secondary N) is 1. The van der Waals surface area contributed by atoms with E-state index in [1.165, 1.54) is 0 Å². The van der Waals surface area contributed by atoms with Crippen molar-refractivity contribution in [1.82, 2.24) is 14.9 Å². The predicted octanol–water partition coefficient (Wildman–Crippen LogP) is 3.08. The molecule has 2 aromatic rings. The number of carboxylic acid groups (broad SMARTS) is 1. The molecule has 1 aromatic heterocycles. The van der Waals surface area contributed by atoms with Gasteiger partial charge in [-0.05, 0) is 43.4 Å². The van der Waals surface area contributed by atoms with Crippen LogP contribution in [0.5, 0.6) is 0 Å². The van der Waals surface area contributed by atoms with Crippen molar-refractivity contribution >= 4 is 23.4 Å². The second-order valence-corrected chi connectivity index (χ2v) is 7.21. The largest absolute Gasteiger partial charge is 0.480 e. The molecule has 1 saturated heterocycles. The molecular formula is C20H22N4O3. The molecule has 0 radical (unpaired) electrons. The highest BCUT2D eigenvalue weighted by molar-refractivity contribution is 5.98. The second-order valence-electron chi connectivity index (χ2n) is 7.21. The zero-order valence-corrected chi connectivity index (χ0v) is 14.9. The average Bonchev–Trinajstić information content (AvgIpc) is 3.08. The van der Waals surface area contributed by atoms with E-state index in [9.17, 15) is 14.7 Å². The summed E-state index contributed by atoms with van der Waals surface area (Å²) in [6.45, 7) is 0. The van der Waals surface area contributed by atoms with Crippen molar-refractivity contribution in [3.05, 3.63) is 48.4 Å². The van der Waals surface area contributed by atoms with E-state index < -0.39 is 12.0 Å². The van der Waals surface area contributed by atoms with E-state index in [2.05, 4.69) is 15.3 Å². The summed E-state index contributed by atoms with van der Waals surface area (Å²) in [4.78, 5) is 34.8. The van der Waals surface area contributed by atoms with E-state index in [0.717, 1.165) is 25.7 Å². The Labute approximate surface area is 157 Å². The number of hydrogen-bond acceptors (Lipinski definition) is 5. The van der Waals surface area contributed by atoms with Gasteiger partial charge in [0, 0.05) is 29.7 Å². The Morgan fingerprint density at radius 1 is 1.19 bits per heavy atom. The minimum Gasteiger partial charge on any atom is -0.480 e. The Bertz CT molecular complexity index is 842. The zero-order valence-electron chi connectivity index (χ0n) is 14.9. The van der Waals surface area contributed by atoms with Crippen LogP contribution in [0.3, 0.4) is 0 Å². The molecule has 4 rings (SSSR count). The highest BCUT2D eigenvalue weighted by Gasteiger charge is 2.47. The van der Waals surface area contributed by atoms with Crippen molar-refractivity contribution in [2.24, 2.45) is 5.92 Å². The molecule has 1 aromatic carbocycles. The van der Waals surface area contributed by atoms with Gasteiger partial charge < -0.3 is 15.3 Å². The molecule has 0 spiro atoms. The highest BCUT2D eigenvalue weighted by Crippen LogP contribution is 2.40. The third kappa shape index (κ3) is 3.49. The number of benzene rings is 1. The van der Waals surface area contributed by atoms with Crippen molar-refractivity contribution in [1.29, 1.82) is 0 Å². The van der Waals surface area contributed by atoms with Crippen molar-refractivity contribution < 1.29 is 14.7 Å². The molecule has 3 atom stereocenters. The van der Waals surface area contributed by atoms with Crippen LogP contribution in [0.25, 0.3) is 0 Å². The molecule has 2 heterocycles. The number of nitrogens with zero attached hydrogens (tertiary/aromatic N) is 3. The molecule has 0 bridgehead atoms. The standard InChI is InChI=1S/C20H22N4O3/c25-19(24-16-7-2-1-4-13(16)11-17(24)20(26)27)14-5-3-6-15(10-14)23-18-12-21-8-9-22-18/h3,5-6,8-10,12-13,16-17H,1-2,4,7,11H2,(H,22,23)(H,26,27)/t13-,16+,17+/m1/s1. The number of amides is 1. The van der Waals surface area contributed by atoms with Gasteiger partial charge >= 0.3 is 5.97 Å². The number of likely N-dealkylation sites (tertiary alicyclic amines) is 1. The Morgan fingerprint density at radius 2 is 2.04 bits per heavy atom. The van der Waals surface area contributed by atoms with Gasteiger partial charge in [-0.3, -0.25) is 9.78 Å². The summed E-state index contributed by atoms with van der Waals surface area (Å²) >= 11 is 0. The van der Waals surface area contributed by atoms with Gasteiger partial charge in [0.25, 0.3) is 5.91 Å². The molecule has 1 saturated carbocycles. The molecule has 7 heteroatoms. The van der Waals surface area contributed by atoms with Crippen LogP contribution in [-0.2, 0) is 4.79 Å². The molecule has 2 fully saturated rings. The predicted molar refractivity (Wildman–Crippen MR) is 99.7 cm³/mol. The number of fused-ring (bicyclic) bond motifs is 1. The molecule has 140 valence electrons. The van der Waals surface area contributed by atoms with Gasteiger partial charge in [0.15, 0.2) is 0 Å². The number of carbonyl (C=O) groups excluding carboxylic acids is 1. The van der Waals surface area contributed by atoms with E-state index in [1.807, 2.05) is 6.07 Å². The molecule has 1 amide bonds. The fraction of sp³-hybridized carbons (Fsp3) is 0.400. The average molecular weight is 366 g/mol. The first kappa shape index (κ1) is 17.5. The summed E-state index contributed by atoms with van der Waals surface area (Å²) in [6, 6.07) is 6.40. The molecular weight excluding hydrogens is 344 g/mol. The number of carbonyl (C=O) groups is 2. The number of rotatable bonds is 4. The van der Waals surface area contributed by atoms with Gasteiger partial charge in [0.2, 0.25) is 0 Å². The number of carboxylic acids is 1. The first-order chi connectivity index (χ1) is 13.1. The van der Waals surface area contributed by atoms with Crippen molar-refractivity contribution in [2.45, 2.75) is 44.2 Å². The summed E-state index contributed by atoms with van der Waals surface area (Å²) in [7, 11) is 0. The fourth-order valence-corrected chi connectivity index (χ4v) is 4.36. The van der Waals surface area contributed by atoms with Crippen LogP contribution in [0.1, 0.15) is 42.5 Å². The molecule has 0 unspecified atom stereocenters. The quantitative estimate of drug-likeness (QED) is 0.863. The summed E-state index contributed by atoms with van der Waals surface area (Å²) < 4.78 is 0. The van der Waals surface area contributed by atoms with Crippen molar-refractivity contribution in [3.63, 3.8) is 0 Å². The van der Waals surface area contributed by atoms with E-state index in [-0.39, 0.29) is 11.9 Å². The molecule has 1 aliphatic heterocycles. The Morgan fingerprint density at radius 3 is 2.81 bits per heavy atom. The molecule has 7 nitrogen and oxygen atoms in total. The third-order valence-corrected chi connectivity index (χ3v) is 5.55. The molecule has 27 heavy (non-hydrogen) atoms. The molecule has 2 aliphatic rings. The first-order valence-corrected chi connectivity index (χ1v) is 9.32. The number of aliphatic carboxylic acids is 1. The van der Waals surface area contributed by atoms with Crippen LogP contribution in [0, 0.1) is 5.92 Å². The van der Waals surface area contributed by atoms with Gasteiger partial charge in [-0.15, -0.1) is 0 Å². The van der Waals surface area contributed by atoms with Gasteiger partial charge in [-0.25, -0.2) is 9.78 Å². The maximum Gasteiger partial charge on any atom is 0.326 e. The lowest BCUT2D eigenvalue weighted by atomic mass is 9.84. The van der Waals surface area contributed by atoms with E-state index in [1.54, 1.807) is 41.7 Å². The minimum atomic E-state index is -0.911. The summed E-state index contributed by atoms with van der Waals surface area (Å²) in [5, 5.41) is 12.8. The minimum absolute atomic E-state index is 0.0314. The van der Waals surface area contributed by atoms with Crippen LogP contribution >= 0.6 is 0 Å². The normalized spacial score (nSPS) is 24.3. The third-order valence-electron chi connectivity index (χ3n) is 5.55. The number of aromatic nitrogens is 2. The lowest BCUT2D eigenvalue weighted by Gasteiger charge is -2.33. The Balaban J connectivity index is 1.59. The summed E-state index contributed by atoms with van der Waals surface area (Å²) in [6.07, 6.45) is 9.39. The van der Waals surface area contributed by atoms with Gasteiger partial charge in [0.05, 0.1) is 6.20 Å². The highest BCUT2D eigenvalue weighted by atomic mass is 16.4. The topological polar surface area (TPSA) is 95.4 Å². The van der Waals surface area contributed by atoms with Crippen LogP contribution in [-0.4, -0.2) is 43.9 Å². The first-order valence-electron chi connectivity index (χ1n) is 9.32. The van der Waals surface area contributed by atoms with Gasteiger partial charge in [0.1, 0.15) is 11.9 Å². The monoisotopic (exact) mass is 366 g/mol. The zero-order chi connectivity index (χ0) is 18.8. The van der Waals surface area contributed by atoms with Crippen molar-refractivity contribution in [2.75, 3.05) is 5.32 Å². The Kier molecular flexibility index (Phi) is 4.75. The lowest BCUT2D eigenvalue weighted by molar-refractivity contribution is -0.141. The lowest BCUT2D eigenvalue weighted by Crippen LogP contribution is -2.46. The Hall–Kier alpha value is -2.96. The van der Waals surface area contributed by atoms with Crippen LogP contribution in [0.15, 0.2) is 42.9 Å². The van der Waals surface area contributed by atoms with Crippen LogP contribution in [0.4, 0.5) is 11.5 Å². The molecule has 2 N–H and O–H groups in total. The van der Waals surface area contributed by atoms with E-state index in [0.29, 0.717) is 29.4 Å². The SMILES string of the molecule is O=C(O)[C@@H]1C[C@H]2CCCC[C@@H]2N1C(=O)c1cccc(Nc2cnccn2)c1. The fourth-order valence-electron chi connectivity index (χ4n) is 4.36. The van der Waals surface area contributed by atoms with Crippen molar-refractivity contribution in [3.8, 4) is 0 Å². The molecule has 1 aliphatic carbocycles. The van der Waals surface area contributed by atoms with E-state index >= 15 is 0 Å². The van der Waals surface area contributed by atoms with E-state index in [4.69, 9.17) is 0 Å². The summed E-state index contributed by atoms with van der Waals surface area (Å²) in [5.41, 5.74) is 1.20. The maximum atomic E-state index is 13.2. The second kappa shape index (κ2) is 7.34. The van der Waals surface area contributed by atoms with Crippen LogP contribution in [0.2, 0.25) is 0 Å². The van der Waals surface area contributed by atoms with Gasteiger partial charge in [-0.2, -0.15) is 0 Å².